The second-order valence-corrected chi connectivity index (χ2v) is 4.36. The van der Waals surface area contributed by atoms with E-state index in [1.165, 1.54) is 16.6 Å². The molecule has 0 radical (unpaired) electrons. The summed E-state index contributed by atoms with van der Waals surface area (Å²) in [6, 6.07) is 4.38. The molecular formula is C13H19N3. The molecule has 0 unspecified atom stereocenters. The van der Waals surface area contributed by atoms with Gasteiger partial charge < -0.3 is 10.3 Å². The van der Waals surface area contributed by atoms with Gasteiger partial charge in [0.15, 0.2) is 0 Å². The molecule has 86 valence electrons. The molecular weight excluding hydrogens is 198 g/mol. The van der Waals surface area contributed by atoms with Gasteiger partial charge in [-0.2, -0.15) is 0 Å². The summed E-state index contributed by atoms with van der Waals surface area (Å²) < 4.78 is 2.22. The number of rotatable bonds is 4. The van der Waals surface area contributed by atoms with Crippen LogP contribution in [0.2, 0.25) is 0 Å². The van der Waals surface area contributed by atoms with Gasteiger partial charge in [-0.15, -0.1) is 0 Å². The van der Waals surface area contributed by atoms with Gasteiger partial charge in [-0.25, -0.2) is 4.98 Å². The van der Waals surface area contributed by atoms with E-state index in [1.807, 2.05) is 6.33 Å². The van der Waals surface area contributed by atoms with Gasteiger partial charge in [0.05, 0.1) is 17.4 Å². The van der Waals surface area contributed by atoms with Crippen LogP contribution in [0.1, 0.15) is 24.0 Å². The molecule has 16 heavy (non-hydrogen) atoms. The third-order valence-corrected chi connectivity index (χ3v) is 3.09. The number of aromatic nitrogens is 2. The third kappa shape index (κ3) is 2.09. The number of fused-ring (bicyclic) bond motifs is 1. The zero-order chi connectivity index (χ0) is 11.5. The minimum Gasteiger partial charge on any atom is -0.331 e. The van der Waals surface area contributed by atoms with E-state index in [2.05, 4.69) is 35.5 Å². The number of hydrogen-bond donors (Lipinski definition) is 1. The molecule has 0 aliphatic carbocycles. The Kier molecular flexibility index (Phi) is 3.25. The standard InChI is InChI=1S/C13H19N3/c1-10-7-12-13(8-11(10)2)16(9-15-12)6-4-3-5-14/h7-9H,3-6,14H2,1-2H3. The van der Waals surface area contributed by atoms with Crippen LogP contribution >= 0.6 is 0 Å². The first-order valence-corrected chi connectivity index (χ1v) is 5.84. The van der Waals surface area contributed by atoms with Gasteiger partial charge in [-0.3, -0.25) is 0 Å². The Morgan fingerprint density at radius 1 is 1.19 bits per heavy atom. The molecule has 2 rings (SSSR count). The molecule has 0 saturated carbocycles. The fraction of sp³-hybridized carbons (Fsp3) is 0.462. The average molecular weight is 217 g/mol. The largest absolute Gasteiger partial charge is 0.331 e. The van der Waals surface area contributed by atoms with Crippen molar-refractivity contribution in [3.63, 3.8) is 0 Å². The van der Waals surface area contributed by atoms with E-state index in [0.29, 0.717) is 0 Å². The number of unbranched alkanes of at least 4 members (excludes halogenated alkanes) is 1. The first-order chi connectivity index (χ1) is 7.72. The molecule has 2 N–H and O–H groups in total. The van der Waals surface area contributed by atoms with E-state index in [9.17, 15) is 0 Å². The van der Waals surface area contributed by atoms with Crippen molar-refractivity contribution >= 4 is 11.0 Å². The molecule has 1 heterocycles. The van der Waals surface area contributed by atoms with E-state index < -0.39 is 0 Å². The Labute approximate surface area is 96.3 Å². The number of aryl methyl sites for hydroxylation is 3. The molecule has 1 aromatic heterocycles. The fourth-order valence-corrected chi connectivity index (χ4v) is 1.92. The molecule has 0 aliphatic heterocycles. The Balaban J connectivity index is 2.29. The van der Waals surface area contributed by atoms with Crippen LogP contribution in [-0.4, -0.2) is 16.1 Å². The molecule has 3 heteroatoms. The predicted octanol–water partition coefficient (Wildman–Crippen LogP) is 2.39. The van der Waals surface area contributed by atoms with Gasteiger partial charge in [-0.1, -0.05) is 0 Å². The number of hydrogen-bond acceptors (Lipinski definition) is 2. The lowest BCUT2D eigenvalue weighted by molar-refractivity contribution is 0.627. The maximum absolute atomic E-state index is 5.50. The van der Waals surface area contributed by atoms with E-state index in [1.54, 1.807) is 0 Å². The van der Waals surface area contributed by atoms with Crippen LogP contribution in [0, 0.1) is 13.8 Å². The highest BCUT2D eigenvalue weighted by Crippen LogP contribution is 2.18. The molecule has 3 nitrogen and oxygen atoms in total. The molecule has 0 spiro atoms. The molecule has 0 fully saturated rings. The highest BCUT2D eigenvalue weighted by Gasteiger charge is 2.04. The van der Waals surface area contributed by atoms with E-state index in [-0.39, 0.29) is 0 Å². The first kappa shape index (κ1) is 11.1. The molecule has 1 aromatic carbocycles. The minimum absolute atomic E-state index is 0.769. The summed E-state index contributed by atoms with van der Waals surface area (Å²) in [5.74, 6) is 0. The Bertz CT molecular complexity index is 485. The lowest BCUT2D eigenvalue weighted by atomic mass is 10.1. The van der Waals surface area contributed by atoms with Crippen molar-refractivity contribution in [2.24, 2.45) is 5.73 Å². The van der Waals surface area contributed by atoms with Crippen LogP contribution in [0.3, 0.4) is 0 Å². The lowest BCUT2D eigenvalue weighted by Crippen LogP contribution is -2.02. The highest BCUT2D eigenvalue weighted by atomic mass is 15.0. The van der Waals surface area contributed by atoms with Crippen molar-refractivity contribution in [1.82, 2.24) is 9.55 Å². The SMILES string of the molecule is Cc1cc2ncn(CCCCN)c2cc1C. The Morgan fingerprint density at radius 2 is 1.94 bits per heavy atom. The molecule has 0 amide bonds. The monoisotopic (exact) mass is 217 g/mol. The third-order valence-electron chi connectivity index (χ3n) is 3.09. The summed E-state index contributed by atoms with van der Waals surface area (Å²) >= 11 is 0. The molecule has 0 aliphatic rings. The van der Waals surface area contributed by atoms with Crippen molar-refractivity contribution < 1.29 is 0 Å². The van der Waals surface area contributed by atoms with E-state index >= 15 is 0 Å². The van der Waals surface area contributed by atoms with Gasteiger partial charge in [0.25, 0.3) is 0 Å². The number of imidazole rings is 1. The van der Waals surface area contributed by atoms with E-state index in [4.69, 9.17) is 5.73 Å². The van der Waals surface area contributed by atoms with Gasteiger partial charge in [0, 0.05) is 6.54 Å². The number of nitrogens with zero attached hydrogens (tertiary/aromatic N) is 2. The van der Waals surface area contributed by atoms with Crippen LogP contribution in [0.15, 0.2) is 18.5 Å². The smallest absolute Gasteiger partial charge is 0.0958 e. The van der Waals surface area contributed by atoms with Crippen LogP contribution in [0.4, 0.5) is 0 Å². The molecule has 2 aromatic rings. The Morgan fingerprint density at radius 3 is 2.69 bits per heavy atom. The Hall–Kier alpha value is -1.35. The average Bonchev–Trinajstić information content (AvgIpc) is 2.63. The maximum Gasteiger partial charge on any atom is 0.0958 e. The van der Waals surface area contributed by atoms with Gasteiger partial charge >= 0.3 is 0 Å². The summed E-state index contributed by atoms with van der Waals surface area (Å²) in [7, 11) is 0. The molecule has 0 atom stereocenters. The topological polar surface area (TPSA) is 43.8 Å². The maximum atomic E-state index is 5.50. The second kappa shape index (κ2) is 4.66. The zero-order valence-electron chi connectivity index (χ0n) is 10.0. The van der Waals surface area contributed by atoms with Gasteiger partial charge in [0.1, 0.15) is 0 Å². The summed E-state index contributed by atoms with van der Waals surface area (Å²) in [5.41, 5.74) is 10.5. The quantitative estimate of drug-likeness (QED) is 0.799. The normalized spacial score (nSPS) is 11.2. The number of benzene rings is 1. The molecule has 0 saturated heterocycles. The fourth-order valence-electron chi connectivity index (χ4n) is 1.92. The number of nitrogens with two attached hydrogens (primary N) is 1. The molecule has 0 bridgehead atoms. The lowest BCUT2D eigenvalue weighted by Gasteiger charge is -2.05. The van der Waals surface area contributed by atoms with Gasteiger partial charge in [0.2, 0.25) is 0 Å². The summed E-state index contributed by atoms with van der Waals surface area (Å²) in [5, 5.41) is 0. The van der Waals surface area contributed by atoms with Crippen LogP contribution in [-0.2, 0) is 6.54 Å². The van der Waals surface area contributed by atoms with Crippen molar-refractivity contribution in [3.8, 4) is 0 Å². The van der Waals surface area contributed by atoms with Crippen molar-refractivity contribution in [2.75, 3.05) is 6.54 Å². The van der Waals surface area contributed by atoms with Crippen molar-refractivity contribution in [2.45, 2.75) is 33.2 Å². The second-order valence-electron chi connectivity index (χ2n) is 4.36. The van der Waals surface area contributed by atoms with Crippen LogP contribution < -0.4 is 5.73 Å². The minimum atomic E-state index is 0.769. The van der Waals surface area contributed by atoms with Gasteiger partial charge in [-0.05, 0) is 56.5 Å². The summed E-state index contributed by atoms with van der Waals surface area (Å²) in [6.07, 6.45) is 4.12. The van der Waals surface area contributed by atoms with Crippen LogP contribution in [0.25, 0.3) is 11.0 Å². The highest BCUT2D eigenvalue weighted by molar-refractivity contribution is 5.77. The first-order valence-electron chi connectivity index (χ1n) is 5.84. The van der Waals surface area contributed by atoms with E-state index in [0.717, 1.165) is 31.4 Å². The van der Waals surface area contributed by atoms with Crippen LogP contribution in [0.5, 0.6) is 0 Å². The zero-order valence-corrected chi connectivity index (χ0v) is 10.0. The van der Waals surface area contributed by atoms with Crippen molar-refractivity contribution in [3.05, 3.63) is 29.6 Å². The summed E-state index contributed by atoms with van der Waals surface area (Å²) in [4.78, 5) is 4.43. The summed E-state index contributed by atoms with van der Waals surface area (Å²) in [6.45, 7) is 6.05. The predicted molar refractivity (Wildman–Crippen MR) is 67.5 cm³/mol. The van der Waals surface area contributed by atoms with Crippen molar-refractivity contribution in [1.29, 1.82) is 0 Å².